The molecule has 2 rings (SSSR count). The third-order valence-corrected chi connectivity index (χ3v) is 11.0. The van der Waals surface area contributed by atoms with E-state index in [-0.39, 0.29) is 23.8 Å². The molecule has 2 unspecified atom stereocenters. The molecule has 0 radical (unpaired) electrons. The Kier molecular flexibility index (Phi) is 5.19. The van der Waals surface area contributed by atoms with Gasteiger partial charge in [-0.15, -0.1) is 0 Å². The first-order chi connectivity index (χ1) is 11.4. The molecule has 0 spiro atoms. The summed E-state index contributed by atoms with van der Waals surface area (Å²) in [6, 6.07) is 0. The number of fused-ring (bicyclic) bond motifs is 2. The van der Waals surface area contributed by atoms with Crippen LogP contribution in [0.5, 0.6) is 0 Å². The molecule has 26 heavy (non-hydrogen) atoms. The third-order valence-electron chi connectivity index (χ3n) is 5.49. The topological polar surface area (TPSA) is 61.8 Å². The minimum absolute atomic E-state index is 0.0327. The van der Waals surface area contributed by atoms with Gasteiger partial charge in [-0.2, -0.15) is 21.6 Å². The molecule has 1 saturated heterocycles. The lowest BCUT2D eigenvalue weighted by Gasteiger charge is -2.42. The largest absolute Gasteiger partial charge is 0.534 e. The second-order valence-corrected chi connectivity index (χ2v) is 15.3. The van der Waals surface area contributed by atoms with Crippen LogP contribution in [0, 0.1) is 0 Å². The number of halogens is 3. The fraction of sp³-hybridized carbons (Fsp3) is 0.875. The van der Waals surface area contributed by atoms with Gasteiger partial charge in [-0.05, 0) is 44.0 Å². The molecule has 10 heteroatoms. The lowest BCUT2D eigenvalue weighted by atomic mass is 9.97. The van der Waals surface area contributed by atoms with Crippen LogP contribution in [0.25, 0.3) is 0 Å². The smallest absolute Gasteiger partial charge is 0.414 e. The average molecular weight is 417 g/mol. The molecule has 2 aliphatic heterocycles. The van der Waals surface area contributed by atoms with Crippen LogP contribution in [0.4, 0.5) is 13.2 Å². The van der Waals surface area contributed by atoms with Crippen LogP contribution in [0.1, 0.15) is 47.0 Å². The number of rotatable bonds is 5. The Labute approximate surface area is 154 Å². The zero-order valence-electron chi connectivity index (χ0n) is 16.0. The van der Waals surface area contributed by atoms with Crippen molar-refractivity contribution in [1.29, 1.82) is 0 Å². The summed E-state index contributed by atoms with van der Waals surface area (Å²) in [7, 11) is -7.79. The first-order valence-electron chi connectivity index (χ1n) is 8.47. The summed E-state index contributed by atoms with van der Waals surface area (Å²) in [5, 5.41) is -0.0327. The predicted octanol–water partition coefficient (Wildman–Crippen LogP) is 4.47. The van der Waals surface area contributed by atoms with Crippen molar-refractivity contribution in [2.75, 3.05) is 6.61 Å². The van der Waals surface area contributed by atoms with Crippen LogP contribution < -0.4 is 0 Å². The van der Waals surface area contributed by atoms with Crippen LogP contribution in [-0.4, -0.2) is 40.1 Å². The highest BCUT2D eigenvalue weighted by Gasteiger charge is 2.54. The molecule has 2 aliphatic rings. The van der Waals surface area contributed by atoms with E-state index < -0.39 is 35.1 Å². The first kappa shape index (κ1) is 21.7. The van der Waals surface area contributed by atoms with Crippen molar-refractivity contribution < 1.29 is 34.9 Å². The number of ether oxygens (including phenoxy) is 1. The molecule has 0 aromatic heterocycles. The Morgan fingerprint density at radius 2 is 1.81 bits per heavy atom. The summed E-state index contributed by atoms with van der Waals surface area (Å²) in [5.41, 5.74) is -7.18. The number of alkyl halides is 3. The van der Waals surface area contributed by atoms with Gasteiger partial charge >= 0.3 is 15.6 Å². The van der Waals surface area contributed by atoms with Crippen LogP contribution >= 0.6 is 0 Å². The molecule has 5 nitrogen and oxygen atoms in total. The van der Waals surface area contributed by atoms with Crippen LogP contribution in [0.15, 0.2) is 11.8 Å². The minimum Gasteiger partial charge on any atom is -0.414 e. The van der Waals surface area contributed by atoms with E-state index in [4.69, 9.17) is 9.16 Å². The van der Waals surface area contributed by atoms with Gasteiger partial charge in [-0.25, -0.2) is 0 Å². The van der Waals surface area contributed by atoms with Gasteiger partial charge in [-0.3, -0.25) is 0 Å². The summed E-state index contributed by atoms with van der Waals surface area (Å²) in [4.78, 5) is 0. The maximum atomic E-state index is 12.6. The average Bonchev–Trinajstić information content (AvgIpc) is 2.64. The first-order valence-corrected chi connectivity index (χ1v) is 12.8. The van der Waals surface area contributed by atoms with E-state index in [9.17, 15) is 21.6 Å². The molecule has 2 bridgehead atoms. The Morgan fingerprint density at radius 1 is 1.23 bits per heavy atom. The van der Waals surface area contributed by atoms with E-state index in [1.807, 2.05) is 0 Å². The molecule has 2 atom stereocenters. The SMILES string of the molecule is CC12C=C(OS(=O)(=O)C(F)(F)F)CC(CO[Si](C)(C)C(C)(C)C)(CC1)O2. The normalized spacial score (nSPS) is 30.3. The molecule has 1 fully saturated rings. The second-order valence-electron chi connectivity index (χ2n) is 8.92. The summed E-state index contributed by atoms with van der Waals surface area (Å²) < 4.78 is 77.3. The molecule has 0 aromatic carbocycles. The van der Waals surface area contributed by atoms with Crippen LogP contribution in [0.2, 0.25) is 18.1 Å². The molecule has 152 valence electrons. The second kappa shape index (κ2) is 6.21. The zero-order chi connectivity index (χ0) is 20.2. The number of hydrogen-bond donors (Lipinski definition) is 0. The monoisotopic (exact) mass is 416 g/mol. The fourth-order valence-electron chi connectivity index (χ4n) is 2.93. The van der Waals surface area contributed by atoms with Gasteiger partial charge in [0.2, 0.25) is 0 Å². The van der Waals surface area contributed by atoms with E-state index in [1.165, 1.54) is 6.08 Å². The summed E-state index contributed by atoms with van der Waals surface area (Å²) >= 11 is 0. The highest BCUT2D eigenvalue weighted by atomic mass is 32.2. The van der Waals surface area contributed by atoms with Crippen LogP contribution in [0.3, 0.4) is 0 Å². The van der Waals surface area contributed by atoms with Gasteiger partial charge in [0.05, 0.1) is 17.8 Å². The van der Waals surface area contributed by atoms with Crippen molar-refractivity contribution in [1.82, 2.24) is 0 Å². The zero-order valence-corrected chi connectivity index (χ0v) is 17.8. The maximum absolute atomic E-state index is 12.6. The van der Waals surface area contributed by atoms with Crippen molar-refractivity contribution in [2.45, 2.75) is 81.8 Å². The van der Waals surface area contributed by atoms with Gasteiger partial charge in [-0.1, -0.05) is 20.8 Å². The molecule has 0 aromatic rings. The summed E-state index contributed by atoms with van der Waals surface area (Å²) in [5.74, 6) is -0.229. The molecule has 0 N–H and O–H groups in total. The van der Waals surface area contributed by atoms with E-state index in [2.05, 4.69) is 38.0 Å². The van der Waals surface area contributed by atoms with E-state index in [1.54, 1.807) is 6.92 Å². The standard InChI is InChI=1S/C16H27F3O5SSi/c1-13(2,3)26(5,6)22-11-15-8-7-14(4,24-15)9-12(10-15)23-25(20,21)16(17,18)19/h9H,7-8,10-11H2,1-6H3. The van der Waals surface area contributed by atoms with Crippen molar-refractivity contribution in [3.63, 3.8) is 0 Å². The third kappa shape index (κ3) is 4.28. The summed E-state index contributed by atoms with van der Waals surface area (Å²) in [6.45, 7) is 12.3. The lowest BCUT2D eigenvalue weighted by Crippen LogP contribution is -2.48. The fourth-order valence-corrected chi connectivity index (χ4v) is 4.47. The highest BCUT2D eigenvalue weighted by Crippen LogP contribution is 2.49. The van der Waals surface area contributed by atoms with E-state index in [0.717, 1.165) is 0 Å². The van der Waals surface area contributed by atoms with Crippen molar-refractivity contribution in [2.24, 2.45) is 0 Å². The molecule has 0 amide bonds. The van der Waals surface area contributed by atoms with Gasteiger partial charge in [0.1, 0.15) is 5.76 Å². The maximum Gasteiger partial charge on any atom is 0.534 e. The predicted molar refractivity (Wildman–Crippen MR) is 93.4 cm³/mol. The van der Waals surface area contributed by atoms with Crippen molar-refractivity contribution in [3.05, 3.63) is 11.8 Å². The van der Waals surface area contributed by atoms with Crippen molar-refractivity contribution >= 4 is 18.4 Å². The van der Waals surface area contributed by atoms with E-state index in [0.29, 0.717) is 12.8 Å². The molecular weight excluding hydrogens is 389 g/mol. The molecule has 0 aliphatic carbocycles. The Bertz CT molecular complexity index is 696. The van der Waals surface area contributed by atoms with Gasteiger partial charge in [0, 0.05) is 6.42 Å². The molecule has 0 saturated carbocycles. The quantitative estimate of drug-likeness (QED) is 0.376. The Balaban J connectivity index is 2.20. The Morgan fingerprint density at radius 3 is 2.31 bits per heavy atom. The highest BCUT2D eigenvalue weighted by molar-refractivity contribution is 7.87. The van der Waals surface area contributed by atoms with Crippen LogP contribution in [-0.2, 0) is 23.5 Å². The minimum atomic E-state index is -5.69. The van der Waals surface area contributed by atoms with E-state index >= 15 is 0 Å². The van der Waals surface area contributed by atoms with Gasteiger partial charge < -0.3 is 13.3 Å². The van der Waals surface area contributed by atoms with Crippen molar-refractivity contribution in [3.8, 4) is 0 Å². The van der Waals surface area contributed by atoms with Gasteiger partial charge in [0.25, 0.3) is 0 Å². The molecule has 2 heterocycles. The summed E-state index contributed by atoms with van der Waals surface area (Å²) in [6.07, 6.45) is 2.40. The number of hydrogen-bond acceptors (Lipinski definition) is 5. The molecular formula is C16H27F3O5SSi. The van der Waals surface area contributed by atoms with Gasteiger partial charge in [0.15, 0.2) is 8.32 Å². The Hall–Kier alpha value is -0.583. The lowest BCUT2D eigenvalue weighted by molar-refractivity contribution is -0.110.